The molecule has 0 saturated heterocycles. The molecule has 0 fully saturated rings. The number of H-pyrrole nitrogens is 4. The molecule has 0 saturated carbocycles. The monoisotopic (exact) mass is 963 g/mol. The van der Waals surface area contributed by atoms with Gasteiger partial charge in [0, 0.05) is 81.3 Å². The van der Waals surface area contributed by atoms with Gasteiger partial charge in [0.25, 0.3) is 0 Å². The third-order valence-corrected chi connectivity index (χ3v) is 12.8. The van der Waals surface area contributed by atoms with Gasteiger partial charge in [-0.2, -0.15) is 19.0 Å². The lowest BCUT2D eigenvalue weighted by Crippen LogP contribution is -2.26. The van der Waals surface area contributed by atoms with Crippen LogP contribution in [0.1, 0.15) is 31.4 Å². The van der Waals surface area contributed by atoms with Crippen molar-refractivity contribution < 1.29 is 17.6 Å². The third-order valence-electron chi connectivity index (χ3n) is 11.0. The van der Waals surface area contributed by atoms with Crippen LogP contribution in [-0.4, -0.2) is 71.8 Å². The number of imidazole rings is 2. The number of hydrogen-bond acceptors (Lipinski definition) is 13. The molecule has 0 spiro atoms. The minimum absolute atomic E-state index is 0.119. The zero-order valence-corrected chi connectivity index (χ0v) is 38.1. The average molecular weight is 964 g/mol. The van der Waals surface area contributed by atoms with Gasteiger partial charge >= 0.3 is 0 Å². The van der Waals surface area contributed by atoms with Crippen molar-refractivity contribution in [3.05, 3.63) is 137 Å². The van der Waals surface area contributed by atoms with Crippen LogP contribution in [0.3, 0.4) is 0 Å². The first kappa shape index (κ1) is 44.6. The molecule has 0 unspecified atom stereocenters. The molecule has 0 aliphatic heterocycles. The summed E-state index contributed by atoms with van der Waals surface area (Å²) >= 11 is 2.01. The number of aromatic amines is 4. The van der Waals surface area contributed by atoms with Crippen molar-refractivity contribution in [2.45, 2.75) is 26.8 Å². The quantitative estimate of drug-likeness (QED) is 0.0530. The van der Waals surface area contributed by atoms with Crippen LogP contribution in [-0.2, 0) is 6.54 Å². The molecule has 0 radical (unpaired) electrons. The zero-order chi connectivity index (χ0) is 47.8. The summed E-state index contributed by atoms with van der Waals surface area (Å²) in [5.41, 5.74) is 13.3. The van der Waals surface area contributed by atoms with E-state index in [-0.39, 0.29) is 37.8 Å². The number of allylic oxidation sites excluding steroid dienone is 1. The minimum atomic E-state index is -0.585. The van der Waals surface area contributed by atoms with E-state index in [0.717, 1.165) is 41.2 Å². The molecule has 11 aromatic rings. The van der Waals surface area contributed by atoms with Crippen LogP contribution in [0.2, 0.25) is 0 Å². The summed E-state index contributed by atoms with van der Waals surface area (Å²) in [5, 5.41) is 18.0. The normalized spacial score (nSPS) is 12.3. The SMILES string of the molecule is C=C(/C(F)=c1/c(-c2nc3c(-c4ccc(F)s4)cncc3[nH]2)n[nH]/c1=C/C)c1cncc(N)c1.CCCNCc1cncc(-c2ncc3[nH]nc(-c4nc5c(-c6ccc(F)s6)cncc5[nH]4)c3c2F)c1. The highest BCUT2D eigenvalue weighted by atomic mass is 32.1. The topological polar surface area (TPSA) is 217 Å². The van der Waals surface area contributed by atoms with E-state index in [1.54, 1.807) is 74.6 Å². The molecule has 11 heterocycles. The first-order chi connectivity index (χ1) is 33.6. The maximum Gasteiger partial charge on any atom is 0.176 e. The van der Waals surface area contributed by atoms with Gasteiger partial charge in [0.15, 0.2) is 27.7 Å². The second-order valence-corrected chi connectivity index (χ2v) is 17.6. The number of nitrogens with zero attached hydrogens (tertiary/aromatic N) is 9. The highest BCUT2D eigenvalue weighted by Crippen LogP contribution is 2.37. The largest absolute Gasteiger partial charge is 0.397 e. The van der Waals surface area contributed by atoms with Crippen molar-refractivity contribution in [2.24, 2.45) is 0 Å². The standard InChI is InChI=1S/C25H20F2N8S.C23H17F2N7S/c1-2-5-28-7-13-6-14(9-29-8-13)22-21(27)20-16(12-31-22)34-35-24(20)25-32-17-11-30-10-15(23(17)33-25)18-3-4-19(26)36-18;1-3-15-19(20(25)11(2)12-6-13(26)8-27-7-12)22(32-31-15)23-29-16-10-28-9-14(21(16)30-23)17-4-5-18(24)33-17/h3-4,6,8-12,28H,2,5,7H2,1H3,(H,32,33)(H,34,35);3-10,31H,2,26H2,1H3,(H,29,30)/b;15-3+,20-19-. The Hall–Kier alpha value is -8.27. The molecule has 69 heavy (non-hydrogen) atoms. The van der Waals surface area contributed by atoms with Crippen molar-refractivity contribution in [3.63, 3.8) is 0 Å². The van der Waals surface area contributed by atoms with E-state index in [1.165, 1.54) is 24.5 Å². The number of fused-ring (bicyclic) bond motifs is 3. The number of nitrogens with two attached hydrogens (primary N) is 1. The smallest absolute Gasteiger partial charge is 0.176 e. The summed E-state index contributed by atoms with van der Waals surface area (Å²) < 4.78 is 58.9. The van der Waals surface area contributed by atoms with Gasteiger partial charge in [0.05, 0.1) is 56.8 Å². The Balaban J connectivity index is 0.000000161. The van der Waals surface area contributed by atoms with Crippen molar-refractivity contribution in [2.75, 3.05) is 12.3 Å². The maximum atomic E-state index is 15.9. The number of pyridine rings is 5. The molecule has 0 aliphatic carbocycles. The van der Waals surface area contributed by atoms with Crippen molar-refractivity contribution in [3.8, 4) is 55.2 Å². The molecule has 0 atom stereocenters. The zero-order valence-electron chi connectivity index (χ0n) is 36.5. The van der Waals surface area contributed by atoms with E-state index in [2.05, 4.69) is 84.1 Å². The minimum Gasteiger partial charge on any atom is -0.397 e. The highest BCUT2D eigenvalue weighted by molar-refractivity contribution is 7.14. The summed E-state index contributed by atoms with van der Waals surface area (Å²) in [5.74, 6) is -0.396. The van der Waals surface area contributed by atoms with E-state index >= 15 is 8.78 Å². The summed E-state index contributed by atoms with van der Waals surface area (Å²) in [6.07, 6.45) is 17.1. The van der Waals surface area contributed by atoms with Gasteiger partial charge in [-0.1, -0.05) is 19.6 Å². The Labute approximate surface area is 396 Å². The molecule has 0 aromatic carbocycles. The average Bonchev–Trinajstić information content (AvgIpc) is 4.23. The Morgan fingerprint density at radius 1 is 0.739 bits per heavy atom. The predicted octanol–water partition coefficient (Wildman–Crippen LogP) is 9.25. The number of nitrogens with one attached hydrogen (secondary N) is 5. The van der Waals surface area contributed by atoms with Gasteiger partial charge in [-0.25, -0.2) is 18.7 Å². The lowest BCUT2D eigenvalue weighted by atomic mass is 10.1. The van der Waals surface area contributed by atoms with Gasteiger partial charge in [0.1, 0.15) is 33.9 Å². The summed E-state index contributed by atoms with van der Waals surface area (Å²) in [7, 11) is 0. The maximum absolute atomic E-state index is 15.9. The van der Waals surface area contributed by atoms with Crippen molar-refractivity contribution in [1.29, 1.82) is 0 Å². The molecule has 11 rings (SSSR count). The molecule has 0 amide bonds. The fourth-order valence-electron chi connectivity index (χ4n) is 7.70. The first-order valence-electron chi connectivity index (χ1n) is 21.3. The molecule has 15 nitrogen and oxygen atoms in total. The molecular formula is C48H37F4N15S2. The van der Waals surface area contributed by atoms with Crippen LogP contribution in [0.5, 0.6) is 0 Å². The van der Waals surface area contributed by atoms with Gasteiger partial charge in [0.2, 0.25) is 0 Å². The lowest BCUT2D eigenvalue weighted by molar-refractivity contribution is 0.638. The molecule has 0 bridgehead atoms. The number of anilines is 1. The van der Waals surface area contributed by atoms with Crippen LogP contribution in [0, 0.1) is 16.1 Å². The third kappa shape index (κ3) is 8.65. The number of nitrogen functional groups attached to an aromatic ring is 1. The van der Waals surface area contributed by atoms with Crippen LogP contribution in [0.4, 0.5) is 23.2 Å². The number of rotatable bonds is 11. The second-order valence-electron chi connectivity index (χ2n) is 15.5. The Kier molecular flexibility index (Phi) is 12.1. The van der Waals surface area contributed by atoms with Crippen LogP contribution >= 0.6 is 22.7 Å². The molecule has 0 aliphatic rings. The van der Waals surface area contributed by atoms with Crippen LogP contribution in [0.25, 0.3) is 106 Å². The second kappa shape index (κ2) is 18.8. The molecule has 7 N–H and O–H groups in total. The summed E-state index contributed by atoms with van der Waals surface area (Å²) in [4.78, 5) is 38.2. The number of hydrogen-bond donors (Lipinski definition) is 6. The Morgan fingerprint density at radius 2 is 1.38 bits per heavy atom. The number of halogens is 4. The summed E-state index contributed by atoms with van der Waals surface area (Å²) in [6, 6.07) is 9.64. The summed E-state index contributed by atoms with van der Waals surface area (Å²) in [6.45, 7) is 9.28. The fraction of sp³-hybridized carbons (Fsp3) is 0.104. The van der Waals surface area contributed by atoms with Gasteiger partial charge < -0.3 is 21.0 Å². The van der Waals surface area contributed by atoms with E-state index in [0.29, 0.717) is 94.5 Å². The van der Waals surface area contributed by atoms with E-state index in [4.69, 9.17) is 5.73 Å². The van der Waals surface area contributed by atoms with Gasteiger partial charge in [-0.15, -0.1) is 22.7 Å². The Morgan fingerprint density at radius 3 is 2.00 bits per heavy atom. The van der Waals surface area contributed by atoms with Crippen molar-refractivity contribution >= 4 is 78.8 Å². The molecular weight excluding hydrogens is 927 g/mol. The molecule has 344 valence electrons. The highest BCUT2D eigenvalue weighted by Gasteiger charge is 2.23. The fourth-order valence-corrected chi connectivity index (χ4v) is 9.18. The van der Waals surface area contributed by atoms with E-state index in [1.807, 2.05) is 6.07 Å². The predicted molar refractivity (Wildman–Crippen MR) is 262 cm³/mol. The molecule has 21 heteroatoms. The Bertz CT molecular complexity index is 3850. The van der Waals surface area contributed by atoms with Crippen molar-refractivity contribution in [1.82, 2.24) is 70.6 Å². The van der Waals surface area contributed by atoms with Crippen LogP contribution < -0.4 is 21.6 Å². The van der Waals surface area contributed by atoms with Gasteiger partial charge in [-0.05, 0) is 61.9 Å². The van der Waals surface area contributed by atoms with E-state index in [9.17, 15) is 8.78 Å². The van der Waals surface area contributed by atoms with E-state index < -0.39 is 11.6 Å². The lowest BCUT2D eigenvalue weighted by Gasteiger charge is -2.07. The first-order valence-corrected chi connectivity index (χ1v) is 22.9. The number of aromatic nitrogens is 13. The van der Waals surface area contributed by atoms with Crippen LogP contribution in [0.15, 0.2) is 98.7 Å². The number of thiophene rings is 2. The molecule has 11 aromatic heterocycles. The van der Waals surface area contributed by atoms with Gasteiger partial charge in [-0.3, -0.25) is 35.1 Å².